The van der Waals surface area contributed by atoms with Crippen molar-refractivity contribution in [3.8, 4) is 11.5 Å². The summed E-state index contributed by atoms with van der Waals surface area (Å²) >= 11 is 1.63. The molecule has 2 aromatic carbocycles. The van der Waals surface area contributed by atoms with Crippen LogP contribution in [0.4, 0.5) is 5.69 Å². The lowest BCUT2D eigenvalue weighted by molar-refractivity contribution is 0.0985. The zero-order chi connectivity index (χ0) is 17.6. The minimum absolute atomic E-state index is 0.0544. The second-order valence-electron chi connectivity index (χ2n) is 5.40. The van der Waals surface area contributed by atoms with Crippen molar-refractivity contribution < 1.29 is 14.3 Å². The molecule has 1 aromatic heterocycles. The summed E-state index contributed by atoms with van der Waals surface area (Å²) in [5.41, 5.74) is 1.45. The molecule has 0 aliphatic heterocycles. The van der Waals surface area contributed by atoms with Crippen LogP contribution in [0.1, 0.15) is 15.2 Å². The molecule has 0 spiro atoms. The van der Waals surface area contributed by atoms with Crippen LogP contribution in [-0.4, -0.2) is 20.1 Å². The van der Waals surface area contributed by atoms with E-state index < -0.39 is 0 Å². The number of methoxy groups -OCH3 is 2. The number of ether oxygens (including phenoxy) is 2. The highest BCUT2D eigenvalue weighted by molar-refractivity contribution is 7.09. The molecule has 128 valence electrons. The molecule has 1 heterocycles. The highest BCUT2D eigenvalue weighted by Gasteiger charge is 2.19. The van der Waals surface area contributed by atoms with Crippen LogP contribution >= 0.6 is 11.3 Å². The molecular formula is C20H19NO3S. The van der Waals surface area contributed by atoms with Crippen LogP contribution in [0.5, 0.6) is 11.5 Å². The Morgan fingerprint density at radius 3 is 2.04 bits per heavy atom. The van der Waals surface area contributed by atoms with Gasteiger partial charge in [-0.3, -0.25) is 4.79 Å². The number of anilines is 1. The number of thiophene rings is 1. The third-order valence-electron chi connectivity index (χ3n) is 3.86. The SMILES string of the molecule is COc1ccc(C(=O)N(Cc2cccs2)c2ccc(OC)cc2)cc1. The molecule has 1 amide bonds. The maximum atomic E-state index is 13.1. The highest BCUT2D eigenvalue weighted by Crippen LogP contribution is 2.25. The first-order chi connectivity index (χ1) is 12.2. The van der Waals surface area contributed by atoms with E-state index in [0.717, 1.165) is 22.1 Å². The molecule has 0 aliphatic carbocycles. The van der Waals surface area contributed by atoms with E-state index in [4.69, 9.17) is 9.47 Å². The van der Waals surface area contributed by atoms with Crippen molar-refractivity contribution in [2.45, 2.75) is 6.54 Å². The maximum absolute atomic E-state index is 13.1. The molecule has 0 atom stereocenters. The quantitative estimate of drug-likeness (QED) is 0.649. The fourth-order valence-corrected chi connectivity index (χ4v) is 3.18. The number of amides is 1. The standard InChI is InChI=1S/C20H19NO3S/c1-23-17-9-5-15(6-10-17)20(22)21(14-19-4-3-13-25-19)16-7-11-18(24-2)12-8-16/h3-13H,14H2,1-2H3. The topological polar surface area (TPSA) is 38.8 Å². The largest absolute Gasteiger partial charge is 0.497 e. The van der Waals surface area contributed by atoms with Gasteiger partial charge >= 0.3 is 0 Å². The van der Waals surface area contributed by atoms with E-state index in [1.54, 1.807) is 54.7 Å². The lowest BCUT2D eigenvalue weighted by atomic mass is 10.1. The number of benzene rings is 2. The molecule has 0 N–H and O–H groups in total. The number of carbonyl (C=O) groups is 1. The zero-order valence-electron chi connectivity index (χ0n) is 14.1. The fraction of sp³-hybridized carbons (Fsp3) is 0.150. The third-order valence-corrected chi connectivity index (χ3v) is 4.72. The molecule has 0 fully saturated rings. The second kappa shape index (κ2) is 7.85. The minimum Gasteiger partial charge on any atom is -0.497 e. The molecule has 3 rings (SSSR count). The summed E-state index contributed by atoms with van der Waals surface area (Å²) < 4.78 is 10.4. The van der Waals surface area contributed by atoms with E-state index in [1.165, 1.54) is 0 Å². The van der Waals surface area contributed by atoms with Gasteiger partial charge in [-0.2, -0.15) is 0 Å². The van der Waals surface area contributed by atoms with Crippen LogP contribution in [0, 0.1) is 0 Å². The molecule has 5 heteroatoms. The number of rotatable bonds is 6. The summed E-state index contributed by atoms with van der Waals surface area (Å²) in [5, 5.41) is 2.01. The molecule has 0 saturated carbocycles. The molecule has 25 heavy (non-hydrogen) atoms. The summed E-state index contributed by atoms with van der Waals surface area (Å²) in [4.78, 5) is 16.0. The van der Waals surface area contributed by atoms with Crippen molar-refractivity contribution in [2.24, 2.45) is 0 Å². The first-order valence-electron chi connectivity index (χ1n) is 7.83. The predicted molar refractivity (Wildman–Crippen MR) is 101 cm³/mol. The van der Waals surface area contributed by atoms with E-state index in [9.17, 15) is 4.79 Å². The van der Waals surface area contributed by atoms with Gasteiger partial charge in [-0.25, -0.2) is 0 Å². The second-order valence-corrected chi connectivity index (χ2v) is 6.43. The van der Waals surface area contributed by atoms with Gasteiger partial charge < -0.3 is 14.4 Å². The molecule has 0 bridgehead atoms. The van der Waals surface area contributed by atoms with Gasteiger partial charge in [0.2, 0.25) is 0 Å². The Labute approximate surface area is 151 Å². The van der Waals surface area contributed by atoms with Crippen LogP contribution in [0.15, 0.2) is 66.0 Å². The Hall–Kier alpha value is -2.79. The zero-order valence-corrected chi connectivity index (χ0v) is 15.0. The van der Waals surface area contributed by atoms with Gasteiger partial charge in [0.25, 0.3) is 5.91 Å². The van der Waals surface area contributed by atoms with E-state index in [1.807, 2.05) is 41.8 Å². The predicted octanol–water partition coefficient (Wildman–Crippen LogP) is 4.61. The van der Waals surface area contributed by atoms with Gasteiger partial charge in [0.15, 0.2) is 0 Å². The summed E-state index contributed by atoms with van der Waals surface area (Å²) in [6.07, 6.45) is 0. The minimum atomic E-state index is -0.0544. The Bertz CT molecular complexity index is 811. The Morgan fingerprint density at radius 1 is 0.920 bits per heavy atom. The van der Waals surface area contributed by atoms with Crippen molar-refractivity contribution in [3.63, 3.8) is 0 Å². The molecule has 4 nitrogen and oxygen atoms in total. The van der Waals surface area contributed by atoms with Crippen molar-refractivity contribution in [3.05, 3.63) is 76.5 Å². The van der Waals surface area contributed by atoms with Crippen LogP contribution in [0.25, 0.3) is 0 Å². The Balaban J connectivity index is 1.92. The average molecular weight is 353 g/mol. The maximum Gasteiger partial charge on any atom is 0.258 e. The molecular weight excluding hydrogens is 334 g/mol. The van der Waals surface area contributed by atoms with Crippen molar-refractivity contribution in [1.29, 1.82) is 0 Å². The lowest BCUT2D eigenvalue weighted by Gasteiger charge is -2.23. The van der Waals surface area contributed by atoms with E-state index >= 15 is 0 Å². The summed E-state index contributed by atoms with van der Waals surface area (Å²) in [7, 11) is 3.23. The fourth-order valence-electron chi connectivity index (χ4n) is 2.49. The third kappa shape index (κ3) is 4.00. The summed E-state index contributed by atoms with van der Waals surface area (Å²) in [6.45, 7) is 0.523. The highest BCUT2D eigenvalue weighted by atomic mass is 32.1. The van der Waals surface area contributed by atoms with Crippen molar-refractivity contribution >= 4 is 22.9 Å². The van der Waals surface area contributed by atoms with Crippen molar-refractivity contribution in [1.82, 2.24) is 0 Å². The molecule has 0 unspecified atom stereocenters. The molecule has 0 saturated heterocycles. The summed E-state index contributed by atoms with van der Waals surface area (Å²) in [6, 6.07) is 18.7. The molecule has 0 aliphatic rings. The number of nitrogens with zero attached hydrogens (tertiary/aromatic N) is 1. The van der Waals surface area contributed by atoms with Gasteiger partial charge in [-0.1, -0.05) is 6.07 Å². The number of hydrogen-bond donors (Lipinski definition) is 0. The van der Waals surface area contributed by atoms with Crippen LogP contribution in [-0.2, 0) is 6.54 Å². The first kappa shape index (κ1) is 17.0. The van der Waals surface area contributed by atoms with E-state index in [-0.39, 0.29) is 5.91 Å². The van der Waals surface area contributed by atoms with Crippen LogP contribution < -0.4 is 14.4 Å². The van der Waals surface area contributed by atoms with Gasteiger partial charge in [0.1, 0.15) is 11.5 Å². The monoisotopic (exact) mass is 353 g/mol. The molecule has 3 aromatic rings. The van der Waals surface area contributed by atoms with E-state index in [2.05, 4.69) is 0 Å². The van der Waals surface area contributed by atoms with Gasteiger partial charge in [0, 0.05) is 16.1 Å². The molecule has 0 radical (unpaired) electrons. The summed E-state index contributed by atoms with van der Waals surface area (Å²) in [5.74, 6) is 1.43. The Kier molecular flexibility index (Phi) is 5.36. The first-order valence-corrected chi connectivity index (χ1v) is 8.71. The number of carbonyl (C=O) groups excluding carboxylic acids is 1. The van der Waals surface area contributed by atoms with Crippen LogP contribution in [0.3, 0.4) is 0 Å². The smallest absolute Gasteiger partial charge is 0.258 e. The Morgan fingerprint density at radius 2 is 1.52 bits per heavy atom. The van der Waals surface area contributed by atoms with Gasteiger partial charge in [-0.05, 0) is 60.0 Å². The van der Waals surface area contributed by atoms with Crippen LogP contribution in [0.2, 0.25) is 0 Å². The lowest BCUT2D eigenvalue weighted by Crippen LogP contribution is -2.30. The van der Waals surface area contributed by atoms with E-state index in [0.29, 0.717) is 12.1 Å². The average Bonchev–Trinajstić information content (AvgIpc) is 3.19. The van der Waals surface area contributed by atoms with Crippen molar-refractivity contribution in [2.75, 3.05) is 19.1 Å². The number of hydrogen-bond acceptors (Lipinski definition) is 4. The normalized spacial score (nSPS) is 10.3. The van der Waals surface area contributed by atoms with Gasteiger partial charge in [0.05, 0.1) is 20.8 Å². The van der Waals surface area contributed by atoms with Gasteiger partial charge in [-0.15, -0.1) is 11.3 Å².